The van der Waals surface area contributed by atoms with Crippen LogP contribution in [0.1, 0.15) is 29.8 Å². The molecule has 0 radical (unpaired) electrons. The monoisotopic (exact) mass is 271 g/mol. The molecule has 0 saturated carbocycles. The zero-order valence-corrected chi connectivity index (χ0v) is 10.8. The van der Waals surface area contributed by atoms with Crippen LogP contribution in [0.25, 0.3) is 11.0 Å². The van der Waals surface area contributed by atoms with Gasteiger partial charge in [0.2, 0.25) is 17.6 Å². The Labute approximate surface area is 115 Å². The number of rotatable bonds is 3. The molecule has 3 rings (SSSR count). The van der Waals surface area contributed by atoms with E-state index < -0.39 is 0 Å². The Morgan fingerprint density at radius 2 is 1.85 bits per heavy atom. The van der Waals surface area contributed by atoms with Crippen LogP contribution in [0.4, 0.5) is 0 Å². The van der Waals surface area contributed by atoms with Crippen molar-refractivity contribution in [3.8, 4) is 0 Å². The number of carbonyl (C=O) groups is 3. The van der Waals surface area contributed by atoms with Gasteiger partial charge in [0, 0.05) is 18.2 Å². The normalized spacial score (nSPS) is 15.9. The summed E-state index contributed by atoms with van der Waals surface area (Å²) < 4.78 is 5.44. The first kappa shape index (κ1) is 12.6. The highest BCUT2D eigenvalue weighted by Crippen LogP contribution is 2.20. The number of hydrogen-bond acceptors (Lipinski definition) is 4. The molecule has 102 valence electrons. The topological polar surface area (TPSA) is 67.6 Å². The van der Waals surface area contributed by atoms with Crippen LogP contribution < -0.4 is 0 Å². The number of nitrogens with zero attached hydrogens (tertiary/aromatic N) is 1. The van der Waals surface area contributed by atoms with E-state index in [0.717, 1.165) is 10.3 Å². The van der Waals surface area contributed by atoms with Gasteiger partial charge in [0.15, 0.2) is 5.76 Å². The molecule has 0 bridgehead atoms. The van der Waals surface area contributed by atoms with E-state index in [-0.39, 0.29) is 29.9 Å². The molecule has 0 N–H and O–H groups in total. The first-order valence-electron chi connectivity index (χ1n) is 6.50. The van der Waals surface area contributed by atoms with E-state index in [2.05, 4.69) is 0 Å². The van der Waals surface area contributed by atoms with Crippen LogP contribution in [0.2, 0.25) is 0 Å². The lowest BCUT2D eigenvalue weighted by atomic mass is 10.1. The number of piperidine rings is 1. The van der Waals surface area contributed by atoms with Crippen molar-refractivity contribution in [3.63, 3.8) is 0 Å². The number of benzene rings is 1. The van der Waals surface area contributed by atoms with Crippen molar-refractivity contribution < 1.29 is 18.8 Å². The highest BCUT2D eigenvalue weighted by Gasteiger charge is 2.28. The highest BCUT2D eigenvalue weighted by molar-refractivity contribution is 6.05. The first-order valence-corrected chi connectivity index (χ1v) is 6.50. The van der Waals surface area contributed by atoms with Gasteiger partial charge in [-0.05, 0) is 18.6 Å². The molecule has 5 nitrogen and oxygen atoms in total. The fourth-order valence-corrected chi connectivity index (χ4v) is 2.32. The van der Waals surface area contributed by atoms with Gasteiger partial charge in [0.05, 0.1) is 6.54 Å². The van der Waals surface area contributed by atoms with Gasteiger partial charge in [-0.2, -0.15) is 0 Å². The van der Waals surface area contributed by atoms with Crippen molar-refractivity contribution in [2.75, 3.05) is 6.54 Å². The maximum Gasteiger partial charge on any atom is 0.229 e. The number of likely N-dealkylation sites (tertiary alicyclic amines) is 1. The molecule has 1 aromatic carbocycles. The van der Waals surface area contributed by atoms with Crippen LogP contribution in [0, 0.1) is 0 Å². The number of hydrogen-bond donors (Lipinski definition) is 0. The summed E-state index contributed by atoms with van der Waals surface area (Å²) in [6.07, 6.45) is 1.20. The number of ketones is 1. The Hall–Kier alpha value is -2.43. The summed E-state index contributed by atoms with van der Waals surface area (Å²) in [5, 5.41) is 0.826. The van der Waals surface area contributed by atoms with Crippen molar-refractivity contribution in [2.24, 2.45) is 0 Å². The van der Waals surface area contributed by atoms with Crippen molar-refractivity contribution in [3.05, 3.63) is 36.1 Å². The molecule has 2 aromatic rings. The Morgan fingerprint density at radius 3 is 2.55 bits per heavy atom. The molecule has 1 aliphatic heterocycles. The average Bonchev–Trinajstić information content (AvgIpc) is 2.87. The van der Waals surface area contributed by atoms with Gasteiger partial charge in [0.1, 0.15) is 5.58 Å². The number of furan rings is 1. The molecular weight excluding hydrogens is 258 g/mol. The van der Waals surface area contributed by atoms with E-state index in [4.69, 9.17) is 4.42 Å². The molecule has 1 aliphatic rings. The van der Waals surface area contributed by atoms with Gasteiger partial charge in [-0.15, -0.1) is 0 Å². The van der Waals surface area contributed by atoms with Crippen LogP contribution in [0.3, 0.4) is 0 Å². The minimum Gasteiger partial charge on any atom is -0.453 e. The highest BCUT2D eigenvalue weighted by atomic mass is 16.3. The van der Waals surface area contributed by atoms with E-state index in [1.165, 1.54) is 0 Å². The van der Waals surface area contributed by atoms with Crippen LogP contribution in [0.5, 0.6) is 0 Å². The van der Waals surface area contributed by atoms with Gasteiger partial charge < -0.3 is 4.42 Å². The summed E-state index contributed by atoms with van der Waals surface area (Å²) in [5.74, 6) is -0.751. The first-order chi connectivity index (χ1) is 9.65. The summed E-state index contributed by atoms with van der Waals surface area (Å²) in [6.45, 7) is -0.239. The number of para-hydroxylation sites is 1. The molecule has 1 aromatic heterocycles. The van der Waals surface area contributed by atoms with Crippen LogP contribution in [-0.4, -0.2) is 29.0 Å². The maximum absolute atomic E-state index is 12.1. The zero-order valence-electron chi connectivity index (χ0n) is 10.8. The summed E-state index contributed by atoms with van der Waals surface area (Å²) >= 11 is 0. The smallest absolute Gasteiger partial charge is 0.229 e. The third-order valence-corrected chi connectivity index (χ3v) is 3.39. The van der Waals surface area contributed by atoms with Gasteiger partial charge in [-0.25, -0.2) is 0 Å². The van der Waals surface area contributed by atoms with Crippen molar-refractivity contribution in [2.45, 2.75) is 19.3 Å². The van der Waals surface area contributed by atoms with Crippen molar-refractivity contribution in [1.82, 2.24) is 4.90 Å². The molecule has 2 heterocycles. The number of fused-ring (bicyclic) bond motifs is 1. The van der Waals surface area contributed by atoms with Crippen LogP contribution >= 0.6 is 0 Å². The van der Waals surface area contributed by atoms with E-state index in [1.807, 2.05) is 18.2 Å². The quantitative estimate of drug-likeness (QED) is 0.633. The lowest BCUT2D eigenvalue weighted by Gasteiger charge is -2.23. The van der Waals surface area contributed by atoms with Crippen LogP contribution in [-0.2, 0) is 9.59 Å². The molecule has 0 unspecified atom stereocenters. The van der Waals surface area contributed by atoms with Crippen molar-refractivity contribution in [1.29, 1.82) is 0 Å². The fourth-order valence-electron chi connectivity index (χ4n) is 2.32. The predicted octanol–water partition coefficient (Wildman–Crippen LogP) is 2.15. The summed E-state index contributed by atoms with van der Waals surface area (Å²) in [4.78, 5) is 36.5. The SMILES string of the molecule is O=C(CN1C(=O)CCCC1=O)c1cc2ccccc2o1. The molecule has 1 fully saturated rings. The second kappa shape index (κ2) is 4.92. The second-order valence-corrected chi connectivity index (χ2v) is 4.80. The Morgan fingerprint density at radius 1 is 1.15 bits per heavy atom. The molecule has 0 atom stereocenters. The lowest BCUT2D eigenvalue weighted by molar-refractivity contribution is -0.147. The Balaban J connectivity index is 1.81. The minimum atomic E-state index is -0.357. The third-order valence-electron chi connectivity index (χ3n) is 3.39. The largest absolute Gasteiger partial charge is 0.453 e. The summed E-state index contributed by atoms with van der Waals surface area (Å²) in [6, 6.07) is 8.91. The predicted molar refractivity (Wildman–Crippen MR) is 71.1 cm³/mol. The molecule has 1 saturated heterocycles. The van der Waals surface area contributed by atoms with E-state index >= 15 is 0 Å². The molecule has 2 amide bonds. The molecular formula is C15H13NO4. The second-order valence-electron chi connectivity index (χ2n) is 4.80. The molecule has 5 heteroatoms. The minimum absolute atomic E-state index is 0.178. The lowest BCUT2D eigenvalue weighted by Crippen LogP contribution is -2.43. The average molecular weight is 271 g/mol. The van der Waals surface area contributed by atoms with Gasteiger partial charge in [0.25, 0.3) is 0 Å². The number of amides is 2. The van der Waals surface area contributed by atoms with Gasteiger partial charge >= 0.3 is 0 Å². The fraction of sp³-hybridized carbons (Fsp3) is 0.267. The van der Waals surface area contributed by atoms with E-state index in [1.54, 1.807) is 12.1 Å². The van der Waals surface area contributed by atoms with E-state index in [0.29, 0.717) is 24.8 Å². The van der Waals surface area contributed by atoms with Gasteiger partial charge in [-0.1, -0.05) is 18.2 Å². The van der Waals surface area contributed by atoms with E-state index in [9.17, 15) is 14.4 Å². The zero-order chi connectivity index (χ0) is 14.1. The number of Topliss-reactive ketones (excluding diaryl/α,β-unsaturated/α-hetero) is 1. The number of carbonyl (C=O) groups excluding carboxylic acids is 3. The Bertz CT molecular complexity index is 652. The molecule has 20 heavy (non-hydrogen) atoms. The van der Waals surface area contributed by atoms with Crippen molar-refractivity contribution >= 4 is 28.6 Å². The maximum atomic E-state index is 12.1. The Kier molecular flexibility index (Phi) is 3.10. The molecule has 0 spiro atoms. The van der Waals surface area contributed by atoms with Crippen LogP contribution in [0.15, 0.2) is 34.7 Å². The summed E-state index contributed by atoms with van der Waals surface area (Å²) in [7, 11) is 0. The van der Waals surface area contributed by atoms with Gasteiger partial charge in [-0.3, -0.25) is 19.3 Å². The standard InChI is InChI=1S/C15H13NO4/c17-11(9-16-14(18)6-3-7-15(16)19)13-8-10-4-1-2-5-12(10)20-13/h1-2,4-5,8H,3,6-7,9H2. The summed E-state index contributed by atoms with van der Waals surface area (Å²) in [5.41, 5.74) is 0.618. The number of imide groups is 1. The molecule has 0 aliphatic carbocycles. The third kappa shape index (κ3) is 2.22.